The third-order valence-corrected chi connectivity index (χ3v) is 28.3. The quantitative estimate of drug-likeness (QED) is 0.0977. The van der Waals surface area contributed by atoms with Crippen molar-refractivity contribution in [3.8, 4) is 0 Å². The van der Waals surface area contributed by atoms with E-state index in [2.05, 4.69) is 250 Å². The van der Waals surface area contributed by atoms with Gasteiger partial charge < -0.3 is 73.5 Å². The van der Waals surface area contributed by atoms with Gasteiger partial charge in [-0.2, -0.15) is 0 Å². The molecule has 664 valence electrons. The van der Waals surface area contributed by atoms with E-state index in [1.807, 2.05) is 29.4 Å². The summed E-state index contributed by atoms with van der Waals surface area (Å²) in [6.45, 7) is 46.5. The van der Waals surface area contributed by atoms with Crippen molar-refractivity contribution in [3.63, 3.8) is 0 Å². The maximum absolute atomic E-state index is 13.8. The molecule has 0 N–H and O–H groups in total. The predicted octanol–water partition coefficient (Wildman–Crippen LogP) is 10.5. The van der Waals surface area contributed by atoms with E-state index in [0.717, 1.165) is 149 Å². The Bertz CT molecular complexity index is 5740. The van der Waals surface area contributed by atoms with Crippen LogP contribution in [0.25, 0.3) is 32.3 Å². The number of fused-ring (bicyclic) bond motifs is 6. The Hall–Kier alpha value is -11.9. The standard InChI is InChI=1S/C34H41N7O2.2C33H41N7O2/c1-6-29(42)40-15-24(4)41(16-23(40)3)32-26-13-14-38(28-12-8-11-25-10-7-9-22(2)30(25)28)17-27(26)35-31(36-32)33(43)39-20-34(21-39)18-37(5)19-34;1-6-29(41)39-19-24(4)40(20-23(39)3)32-26-13-14-38(28-12-8-11-25-10-7-9-22(2)30(25)28)21-27(26)34-31(35-32)33(42)37-17-15-36(5)16-18-37;1-5-25-21-39(19-20-40(25)29(41)6-2)32-26-13-14-38(28-12-8-11-24-10-7-9-23(3)30(24)28)22-27(26)34-31(35-32)33(42)37-17-15-36(4)16-18-37/h6-12,23-24H,1,13-21H2,2-5H3;6-12,23-24H,1,13-21H2,2-5H3;6-12,25H,2,5,13-22H2,1,3-4H3/t2*23-,24+;25-/m110/s1. The Morgan fingerprint density at radius 3 is 1.08 bits per heavy atom. The average Bonchev–Trinajstić information content (AvgIpc) is 0.734. The zero-order chi connectivity index (χ0) is 89.0. The van der Waals surface area contributed by atoms with Gasteiger partial charge in [0.25, 0.3) is 17.7 Å². The van der Waals surface area contributed by atoms with Crippen molar-refractivity contribution >= 4 is 102 Å². The summed E-state index contributed by atoms with van der Waals surface area (Å²) in [5.74, 6) is 2.98. The van der Waals surface area contributed by atoms with Gasteiger partial charge in [-0.3, -0.25) is 28.8 Å². The first-order valence-electron chi connectivity index (χ1n) is 45.7. The number of anilines is 6. The lowest BCUT2D eigenvalue weighted by atomic mass is 9.73. The van der Waals surface area contributed by atoms with Gasteiger partial charge in [-0.1, -0.05) is 118 Å². The summed E-state index contributed by atoms with van der Waals surface area (Å²) in [5.41, 5.74) is 13.7. The minimum Gasteiger partial charge on any atom is -0.365 e. The number of hydrogen-bond donors (Lipinski definition) is 0. The Labute approximate surface area is 746 Å². The molecule has 127 heavy (non-hydrogen) atoms. The number of carbonyl (C=O) groups is 6. The lowest BCUT2D eigenvalue weighted by Gasteiger charge is -2.59. The van der Waals surface area contributed by atoms with E-state index < -0.39 is 0 Å². The maximum Gasteiger partial charge on any atom is 0.291 e. The summed E-state index contributed by atoms with van der Waals surface area (Å²) in [7, 11) is 6.29. The van der Waals surface area contributed by atoms with Crippen molar-refractivity contribution in [3.05, 3.63) is 215 Å². The topological polar surface area (TPSA) is 228 Å². The fraction of sp³-hybridized carbons (Fsp3) is 0.460. The van der Waals surface area contributed by atoms with Gasteiger partial charge in [0.2, 0.25) is 35.2 Å². The molecule has 3 aromatic heterocycles. The minimum atomic E-state index is -0.105. The van der Waals surface area contributed by atoms with E-state index in [-0.39, 0.29) is 88.5 Å². The molecule has 6 amide bonds. The number of likely N-dealkylation sites (tertiary alicyclic amines) is 2. The first-order chi connectivity index (χ1) is 61.3. The zero-order valence-electron chi connectivity index (χ0n) is 76.0. The smallest absolute Gasteiger partial charge is 0.291 e. The number of piperazine rings is 5. The first kappa shape index (κ1) is 87.1. The van der Waals surface area contributed by atoms with Crippen LogP contribution >= 0.6 is 0 Å². The van der Waals surface area contributed by atoms with Crippen LogP contribution in [0.3, 0.4) is 0 Å². The molecule has 27 nitrogen and oxygen atoms in total. The van der Waals surface area contributed by atoms with E-state index in [4.69, 9.17) is 29.9 Å². The molecular weight excluding hydrogens is 1590 g/mol. The number of aromatic nitrogens is 6. The molecule has 10 aliphatic heterocycles. The summed E-state index contributed by atoms with van der Waals surface area (Å²) in [5, 5.41) is 7.47. The lowest BCUT2D eigenvalue weighted by Crippen LogP contribution is -2.72. The third kappa shape index (κ3) is 17.3. The Kier molecular flexibility index (Phi) is 25.0. The summed E-state index contributed by atoms with van der Waals surface area (Å²) in [4.78, 5) is 141. The second-order valence-electron chi connectivity index (χ2n) is 37.1. The SMILES string of the molecule is C=CC(=O)N1CCN(c2nc(C(=O)N3CCN(C)CC3)nc3c2CCN(c2cccc4cccc(C)c24)C3)C[C@@H]1CC.C=CC(=O)N1C[C@H](C)N(c2nc(C(=O)N3CC4(CN(C)C4)C3)nc3c2CCN(c2cccc4cccc(C)c24)C3)C[C@H]1C.C=CC(=O)N1C[C@H](C)N(c2nc(C(=O)N3CCN(C)CC3)nc3c2CCN(c2cccc4cccc(C)c24)C3)C[C@H]1C. The van der Waals surface area contributed by atoms with Crippen molar-refractivity contribution in [1.82, 2.24) is 74.0 Å². The number of likely N-dealkylation sites (N-methyl/N-ethyl adjacent to an activating group) is 2. The number of aryl methyl sites for hydroxylation is 3. The molecular formula is C100H123N21O6. The number of hydrogen-bond acceptors (Lipinski definition) is 21. The van der Waals surface area contributed by atoms with Gasteiger partial charge in [-0.25, -0.2) is 29.9 Å². The highest BCUT2D eigenvalue weighted by molar-refractivity contribution is 6.00. The van der Waals surface area contributed by atoms with Crippen LogP contribution in [0.15, 0.2) is 147 Å². The Balaban J connectivity index is 0.000000134. The van der Waals surface area contributed by atoms with E-state index >= 15 is 0 Å². The highest BCUT2D eigenvalue weighted by atomic mass is 16.2. The predicted molar refractivity (Wildman–Crippen MR) is 504 cm³/mol. The van der Waals surface area contributed by atoms with Crippen LogP contribution in [0.2, 0.25) is 0 Å². The summed E-state index contributed by atoms with van der Waals surface area (Å²) in [6, 6.07) is 38.9. The van der Waals surface area contributed by atoms with E-state index in [0.29, 0.717) is 91.6 Å². The van der Waals surface area contributed by atoms with Crippen LogP contribution in [0.1, 0.15) is 123 Å². The number of benzene rings is 6. The van der Waals surface area contributed by atoms with Gasteiger partial charge in [-0.05, 0) is 165 Å². The van der Waals surface area contributed by atoms with E-state index in [1.54, 1.807) is 0 Å². The molecule has 5 atom stereocenters. The number of rotatable bonds is 13. The molecule has 13 heterocycles. The van der Waals surface area contributed by atoms with Crippen LogP contribution in [0.5, 0.6) is 0 Å². The average molecular weight is 1720 g/mol. The molecule has 27 heteroatoms. The van der Waals surface area contributed by atoms with Gasteiger partial charge in [-0.15, -0.1) is 0 Å². The number of nitrogens with zero attached hydrogens (tertiary/aromatic N) is 21. The van der Waals surface area contributed by atoms with Crippen molar-refractivity contribution in [2.45, 2.75) is 131 Å². The molecule has 19 rings (SSSR count). The normalized spacial score (nSPS) is 21.4. The first-order valence-corrected chi connectivity index (χ1v) is 45.7. The highest BCUT2D eigenvalue weighted by Gasteiger charge is 2.53. The molecule has 0 aliphatic carbocycles. The summed E-state index contributed by atoms with van der Waals surface area (Å²) < 4.78 is 0. The second-order valence-corrected chi connectivity index (χ2v) is 37.1. The monoisotopic (exact) mass is 1710 g/mol. The van der Waals surface area contributed by atoms with Gasteiger partial charge >= 0.3 is 0 Å². The maximum atomic E-state index is 13.8. The fourth-order valence-electron chi connectivity index (χ4n) is 21.3. The summed E-state index contributed by atoms with van der Waals surface area (Å²) in [6.07, 6.45) is 7.38. The van der Waals surface area contributed by atoms with Crippen LogP contribution in [0, 0.1) is 26.2 Å². The van der Waals surface area contributed by atoms with Crippen molar-refractivity contribution < 1.29 is 28.8 Å². The Morgan fingerprint density at radius 2 is 0.717 bits per heavy atom. The molecule has 10 aliphatic rings. The van der Waals surface area contributed by atoms with Gasteiger partial charge in [0, 0.05) is 230 Å². The molecule has 0 saturated carbocycles. The molecule has 7 fully saturated rings. The largest absolute Gasteiger partial charge is 0.365 e. The van der Waals surface area contributed by atoms with Crippen LogP contribution in [-0.2, 0) is 53.3 Å². The molecule has 1 spiro atoms. The van der Waals surface area contributed by atoms with Crippen molar-refractivity contribution in [2.75, 3.05) is 195 Å². The lowest BCUT2D eigenvalue weighted by molar-refractivity contribution is -0.129. The highest BCUT2D eigenvalue weighted by Crippen LogP contribution is 2.43. The minimum absolute atomic E-state index is 0.00365. The Morgan fingerprint density at radius 1 is 0.370 bits per heavy atom. The van der Waals surface area contributed by atoms with Crippen molar-refractivity contribution in [1.29, 1.82) is 0 Å². The van der Waals surface area contributed by atoms with E-state index in [9.17, 15) is 28.8 Å². The van der Waals surface area contributed by atoms with Gasteiger partial charge in [0.15, 0.2) is 0 Å². The molecule has 0 unspecified atom stereocenters. The zero-order valence-corrected chi connectivity index (χ0v) is 76.0. The molecule has 0 bridgehead atoms. The van der Waals surface area contributed by atoms with Gasteiger partial charge in [0.05, 0.1) is 36.7 Å². The van der Waals surface area contributed by atoms with Crippen molar-refractivity contribution in [2.24, 2.45) is 5.41 Å². The van der Waals surface area contributed by atoms with E-state index in [1.165, 1.54) is 84.3 Å². The van der Waals surface area contributed by atoms with Crippen LogP contribution in [0.4, 0.5) is 34.5 Å². The molecule has 7 saturated heterocycles. The molecule has 6 aromatic carbocycles. The fourth-order valence-corrected chi connectivity index (χ4v) is 21.3. The second kappa shape index (κ2) is 36.4. The third-order valence-electron chi connectivity index (χ3n) is 28.3. The van der Waals surface area contributed by atoms with Gasteiger partial charge in [0.1, 0.15) is 17.5 Å². The van der Waals surface area contributed by atoms with Crippen LogP contribution < -0.4 is 29.4 Å². The molecule has 0 radical (unpaired) electrons. The summed E-state index contributed by atoms with van der Waals surface area (Å²) >= 11 is 0. The van der Waals surface area contributed by atoms with Crippen LogP contribution in [-0.4, -0.2) is 305 Å². The number of carbonyl (C=O) groups excluding carboxylic acids is 6. The number of amides is 6. The molecule has 9 aromatic rings.